The van der Waals surface area contributed by atoms with Crippen molar-refractivity contribution >= 4 is 23.1 Å². The summed E-state index contributed by atoms with van der Waals surface area (Å²) < 4.78 is 0. The van der Waals surface area contributed by atoms with Gasteiger partial charge >= 0.3 is 6.03 Å². The van der Waals surface area contributed by atoms with E-state index < -0.39 is 0 Å². The van der Waals surface area contributed by atoms with Gasteiger partial charge in [0.25, 0.3) is 0 Å². The van der Waals surface area contributed by atoms with Gasteiger partial charge in [-0.05, 0) is 18.6 Å². The molecule has 1 aromatic carbocycles. The summed E-state index contributed by atoms with van der Waals surface area (Å²) >= 11 is 1.71. The summed E-state index contributed by atoms with van der Waals surface area (Å²) in [6.07, 6.45) is 3.69. The summed E-state index contributed by atoms with van der Waals surface area (Å²) in [4.78, 5) is 21.9. The largest absolute Gasteiger partial charge is 0.506 e. The fourth-order valence-electron chi connectivity index (χ4n) is 2.90. The van der Waals surface area contributed by atoms with Gasteiger partial charge in [0.1, 0.15) is 5.75 Å². The molecule has 2 aromatic rings. The number of anilines is 1. The van der Waals surface area contributed by atoms with Crippen LogP contribution in [0.2, 0.25) is 0 Å². The molecule has 3 rings (SSSR count). The average Bonchev–Trinajstić information content (AvgIpc) is 3.10. The molecule has 6 nitrogen and oxygen atoms in total. The molecule has 2 N–H and O–H groups in total. The number of urea groups is 1. The number of para-hydroxylation sites is 2. The van der Waals surface area contributed by atoms with Crippen LogP contribution in [-0.2, 0) is 12.8 Å². The third-order valence-corrected chi connectivity index (χ3v) is 5.56. The van der Waals surface area contributed by atoms with Crippen LogP contribution in [0, 0.1) is 0 Å². The van der Waals surface area contributed by atoms with Crippen molar-refractivity contribution < 1.29 is 9.90 Å². The second-order valence-corrected chi connectivity index (χ2v) is 7.22. The van der Waals surface area contributed by atoms with Gasteiger partial charge in [0.15, 0.2) is 0 Å². The van der Waals surface area contributed by atoms with Crippen LogP contribution in [0.5, 0.6) is 5.75 Å². The van der Waals surface area contributed by atoms with Crippen molar-refractivity contribution in [2.75, 3.05) is 37.6 Å². The van der Waals surface area contributed by atoms with Crippen LogP contribution in [-0.4, -0.2) is 53.7 Å². The van der Waals surface area contributed by atoms with E-state index >= 15 is 0 Å². The van der Waals surface area contributed by atoms with Crippen molar-refractivity contribution in [2.45, 2.75) is 19.8 Å². The monoisotopic (exact) mass is 360 g/mol. The maximum atomic E-state index is 12.3. The zero-order chi connectivity index (χ0) is 17.6. The summed E-state index contributed by atoms with van der Waals surface area (Å²) in [7, 11) is 0. The van der Waals surface area contributed by atoms with E-state index in [0.29, 0.717) is 19.6 Å². The Morgan fingerprint density at radius 1 is 1.28 bits per heavy atom. The predicted octanol–water partition coefficient (Wildman–Crippen LogP) is 2.49. The molecule has 2 amide bonds. The van der Waals surface area contributed by atoms with E-state index in [2.05, 4.69) is 22.1 Å². The van der Waals surface area contributed by atoms with E-state index in [-0.39, 0.29) is 11.8 Å². The molecule has 1 saturated heterocycles. The fraction of sp³-hybridized carbons (Fsp3) is 0.444. The molecular weight excluding hydrogens is 336 g/mol. The predicted molar refractivity (Wildman–Crippen MR) is 100 cm³/mol. The summed E-state index contributed by atoms with van der Waals surface area (Å²) in [5.74, 6) is 0.287. The highest BCUT2D eigenvalue weighted by molar-refractivity contribution is 7.11. The summed E-state index contributed by atoms with van der Waals surface area (Å²) in [5, 5.41) is 14.0. The highest BCUT2D eigenvalue weighted by Crippen LogP contribution is 2.27. The van der Waals surface area contributed by atoms with E-state index in [9.17, 15) is 9.90 Å². The van der Waals surface area contributed by atoms with Crippen LogP contribution in [0.15, 0.2) is 30.5 Å². The molecule has 134 valence electrons. The van der Waals surface area contributed by atoms with Crippen LogP contribution < -0.4 is 10.2 Å². The smallest absolute Gasteiger partial charge is 0.317 e. The van der Waals surface area contributed by atoms with Crippen molar-refractivity contribution in [3.63, 3.8) is 0 Å². The number of thiazole rings is 1. The van der Waals surface area contributed by atoms with Gasteiger partial charge in [0.2, 0.25) is 0 Å². The zero-order valence-corrected chi connectivity index (χ0v) is 15.3. The van der Waals surface area contributed by atoms with E-state index in [1.165, 1.54) is 4.88 Å². The van der Waals surface area contributed by atoms with Gasteiger partial charge < -0.3 is 20.2 Å². The Bertz CT molecular complexity index is 711. The Kier molecular flexibility index (Phi) is 5.75. The van der Waals surface area contributed by atoms with Crippen molar-refractivity contribution in [3.05, 3.63) is 40.3 Å². The standard InChI is InChI=1S/C18H24N4O2S/c1-2-14-13-20-17(25-14)7-8-19-18(24)22-11-9-21(10-12-22)15-5-3-4-6-16(15)23/h3-6,13,23H,2,7-12H2,1H3,(H,19,24). The molecule has 0 radical (unpaired) electrons. The Hall–Kier alpha value is -2.28. The third kappa shape index (κ3) is 4.42. The highest BCUT2D eigenvalue weighted by Gasteiger charge is 2.22. The highest BCUT2D eigenvalue weighted by atomic mass is 32.1. The first-order valence-electron chi connectivity index (χ1n) is 8.66. The Balaban J connectivity index is 1.43. The van der Waals surface area contributed by atoms with Gasteiger partial charge in [0, 0.05) is 50.2 Å². The average molecular weight is 360 g/mol. The number of nitrogens with zero attached hydrogens (tertiary/aromatic N) is 3. The maximum Gasteiger partial charge on any atom is 0.317 e. The van der Waals surface area contributed by atoms with Crippen molar-refractivity contribution in [1.29, 1.82) is 0 Å². The van der Waals surface area contributed by atoms with Gasteiger partial charge in [-0.25, -0.2) is 9.78 Å². The molecule has 2 heterocycles. The number of piperazine rings is 1. The normalized spacial score (nSPS) is 14.6. The van der Waals surface area contributed by atoms with E-state index in [1.807, 2.05) is 29.3 Å². The van der Waals surface area contributed by atoms with E-state index in [0.717, 1.165) is 36.6 Å². The molecule has 1 fully saturated rings. The number of phenolic OH excluding ortho intramolecular Hbond substituents is 1. The lowest BCUT2D eigenvalue weighted by atomic mass is 10.2. The molecule has 0 atom stereocenters. The van der Waals surface area contributed by atoms with Crippen LogP contribution >= 0.6 is 11.3 Å². The number of hydrogen-bond donors (Lipinski definition) is 2. The summed E-state index contributed by atoms with van der Waals surface area (Å²) in [6.45, 7) is 5.46. The van der Waals surface area contributed by atoms with Crippen LogP contribution in [0.4, 0.5) is 10.5 Å². The molecule has 7 heteroatoms. The van der Waals surface area contributed by atoms with Crippen molar-refractivity contribution in [2.24, 2.45) is 0 Å². The Morgan fingerprint density at radius 2 is 2.04 bits per heavy atom. The van der Waals surface area contributed by atoms with Crippen LogP contribution in [0.3, 0.4) is 0 Å². The second-order valence-electron chi connectivity index (χ2n) is 6.02. The van der Waals surface area contributed by atoms with Gasteiger partial charge in [-0.1, -0.05) is 19.1 Å². The lowest BCUT2D eigenvalue weighted by Crippen LogP contribution is -2.52. The first kappa shape index (κ1) is 17.5. The number of aromatic hydroxyl groups is 1. The van der Waals surface area contributed by atoms with Crippen LogP contribution in [0.1, 0.15) is 16.8 Å². The second kappa shape index (κ2) is 8.20. The number of rotatable bonds is 5. The molecule has 25 heavy (non-hydrogen) atoms. The minimum absolute atomic E-state index is 0.0239. The minimum Gasteiger partial charge on any atom is -0.506 e. The number of nitrogens with one attached hydrogen (secondary N) is 1. The maximum absolute atomic E-state index is 12.3. The lowest BCUT2D eigenvalue weighted by molar-refractivity contribution is 0.194. The van der Waals surface area contributed by atoms with Gasteiger partial charge in [-0.3, -0.25) is 0 Å². The van der Waals surface area contributed by atoms with E-state index in [4.69, 9.17) is 0 Å². The van der Waals surface area contributed by atoms with Crippen molar-refractivity contribution in [1.82, 2.24) is 15.2 Å². The molecule has 0 saturated carbocycles. The molecule has 1 aromatic heterocycles. The Labute approximate surface area is 152 Å². The third-order valence-electron chi connectivity index (χ3n) is 4.35. The topological polar surface area (TPSA) is 68.7 Å². The number of benzene rings is 1. The fourth-order valence-corrected chi connectivity index (χ4v) is 3.76. The number of hydrogen-bond acceptors (Lipinski definition) is 5. The van der Waals surface area contributed by atoms with E-state index in [1.54, 1.807) is 17.4 Å². The number of aromatic nitrogens is 1. The number of amides is 2. The first-order chi connectivity index (χ1) is 12.2. The quantitative estimate of drug-likeness (QED) is 0.860. The molecule has 0 aliphatic carbocycles. The molecular formula is C18H24N4O2S. The number of carbonyl (C=O) groups is 1. The summed E-state index contributed by atoms with van der Waals surface area (Å²) in [6, 6.07) is 7.30. The van der Waals surface area contributed by atoms with Gasteiger partial charge in [0.05, 0.1) is 10.7 Å². The molecule has 1 aliphatic heterocycles. The number of phenols is 1. The van der Waals surface area contributed by atoms with Crippen LogP contribution in [0.25, 0.3) is 0 Å². The molecule has 0 spiro atoms. The zero-order valence-electron chi connectivity index (χ0n) is 14.4. The minimum atomic E-state index is -0.0239. The Morgan fingerprint density at radius 3 is 2.72 bits per heavy atom. The van der Waals surface area contributed by atoms with Gasteiger partial charge in [-0.2, -0.15) is 0 Å². The summed E-state index contributed by atoms with van der Waals surface area (Å²) in [5.41, 5.74) is 0.832. The first-order valence-corrected chi connectivity index (χ1v) is 9.48. The molecule has 0 bridgehead atoms. The SMILES string of the molecule is CCc1cnc(CCNC(=O)N2CCN(c3ccccc3O)CC2)s1. The van der Waals surface area contributed by atoms with Gasteiger partial charge in [-0.15, -0.1) is 11.3 Å². The lowest BCUT2D eigenvalue weighted by Gasteiger charge is -2.36. The molecule has 0 unspecified atom stereocenters. The van der Waals surface area contributed by atoms with Crippen molar-refractivity contribution in [3.8, 4) is 5.75 Å². The number of aryl methyl sites for hydroxylation is 1. The molecule has 1 aliphatic rings. The number of carbonyl (C=O) groups excluding carboxylic acids is 1.